The molecule has 0 aliphatic rings. The summed E-state index contributed by atoms with van der Waals surface area (Å²) >= 11 is 5.95. The molecule has 0 saturated heterocycles. The first-order valence-corrected chi connectivity index (χ1v) is 6.28. The quantitative estimate of drug-likeness (QED) is 0.566. The maximum atomic E-state index is 5.95. The van der Waals surface area contributed by atoms with E-state index in [9.17, 15) is 0 Å². The molecule has 1 aromatic rings. The normalized spacial score (nSPS) is 12.1. The third-order valence-electron chi connectivity index (χ3n) is 1.96. The van der Waals surface area contributed by atoms with Crippen molar-refractivity contribution in [2.75, 3.05) is 5.32 Å². The molecule has 0 aliphatic heterocycles. The fourth-order valence-electron chi connectivity index (χ4n) is 1.40. The van der Waals surface area contributed by atoms with Crippen LogP contribution in [0.15, 0.2) is 24.3 Å². The third kappa shape index (κ3) is 5.59. The Morgan fingerprint density at radius 3 is 2.47 bits per heavy atom. The van der Waals surface area contributed by atoms with Crippen LogP contribution in [0.5, 0.6) is 0 Å². The van der Waals surface area contributed by atoms with E-state index >= 15 is 0 Å². The summed E-state index contributed by atoms with van der Waals surface area (Å²) in [6, 6.07) is 8.39. The van der Waals surface area contributed by atoms with Gasteiger partial charge in [0.05, 0.1) is 12.1 Å². The Balaban J connectivity index is 2.79. The zero-order valence-electron chi connectivity index (χ0n) is 10.8. The van der Waals surface area contributed by atoms with Crippen LogP contribution in [0.25, 0.3) is 0 Å². The highest BCUT2D eigenvalue weighted by molar-refractivity contribution is 6.30. The molecule has 0 radical (unpaired) electrons. The van der Waals surface area contributed by atoms with Gasteiger partial charge in [0.1, 0.15) is 5.69 Å². The SMILES string of the molecule is CC(C)NC(Nc1cccc(Cl)c1)=[NH+]C(C)C. The molecule has 0 atom stereocenters. The highest BCUT2D eigenvalue weighted by atomic mass is 35.5. The Kier molecular flexibility index (Phi) is 5.29. The van der Waals surface area contributed by atoms with Gasteiger partial charge in [0, 0.05) is 5.02 Å². The Hall–Kier alpha value is -1.22. The molecule has 17 heavy (non-hydrogen) atoms. The molecule has 1 rings (SSSR count). The lowest BCUT2D eigenvalue weighted by Crippen LogP contribution is -2.82. The van der Waals surface area contributed by atoms with Crippen molar-refractivity contribution in [3.8, 4) is 0 Å². The number of benzene rings is 1. The van der Waals surface area contributed by atoms with Crippen LogP contribution in [0.2, 0.25) is 5.02 Å². The summed E-state index contributed by atoms with van der Waals surface area (Å²) in [6.45, 7) is 8.40. The van der Waals surface area contributed by atoms with E-state index in [0.717, 1.165) is 16.7 Å². The van der Waals surface area contributed by atoms with E-state index in [4.69, 9.17) is 11.6 Å². The minimum absolute atomic E-state index is 0.364. The van der Waals surface area contributed by atoms with Gasteiger partial charge in [0.2, 0.25) is 0 Å². The van der Waals surface area contributed by atoms with Gasteiger partial charge in [-0.2, -0.15) is 0 Å². The van der Waals surface area contributed by atoms with Crippen molar-refractivity contribution >= 4 is 23.2 Å². The monoisotopic (exact) mass is 254 g/mol. The van der Waals surface area contributed by atoms with Gasteiger partial charge >= 0.3 is 5.96 Å². The van der Waals surface area contributed by atoms with Gasteiger partial charge in [0.25, 0.3) is 0 Å². The van der Waals surface area contributed by atoms with Crippen LogP contribution in [0.3, 0.4) is 0 Å². The molecule has 0 aromatic heterocycles. The maximum Gasteiger partial charge on any atom is 0.348 e. The zero-order valence-corrected chi connectivity index (χ0v) is 11.6. The highest BCUT2D eigenvalue weighted by Gasteiger charge is 2.10. The van der Waals surface area contributed by atoms with E-state index in [1.54, 1.807) is 0 Å². The molecule has 1 aromatic carbocycles. The zero-order chi connectivity index (χ0) is 12.8. The average Bonchev–Trinajstić information content (AvgIpc) is 2.14. The molecular formula is C13H21ClN3+. The summed E-state index contributed by atoms with van der Waals surface area (Å²) in [5, 5.41) is 7.35. The molecule has 0 heterocycles. The van der Waals surface area contributed by atoms with Gasteiger partial charge < -0.3 is 0 Å². The van der Waals surface area contributed by atoms with Crippen molar-refractivity contribution in [1.29, 1.82) is 0 Å². The van der Waals surface area contributed by atoms with E-state index in [1.165, 1.54) is 0 Å². The minimum atomic E-state index is 0.364. The Bertz CT molecular complexity index is 386. The molecule has 0 amide bonds. The number of nitrogens with one attached hydrogen (secondary N) is 3. The van der Waals surface area contributed by atoms with Crippen LogP contribution in [0, 0.1) is 0 Å². The van der Waals surface area contributed by atoms with Crippen LogP contribution in [0.1, 0.15) is 27.7 Å². The van der Waals surface area contributed by atoms with Gasteiger partial charge in [-0.05, 0) is 45.9 Å². The molecule has 0 spiro atoms. The van der Waals surface area contributed by atoms with Crippen molar-refractivity contribution in [1.82, 2.24) is 5.32 Å². The van der Waals surface area contributed by atoms with Gasteiger partial charge in [-0.1, -0.05) is 17.7 Å². The molecule has 94 valence electrons. The summed E-state index contributed by atoms with van der Waals surface area (Å²) in [5.41, 5.74) is 0.966. The minimum Gasteiger partial charge on any atom is -0.276 e. The number of hydrogen-bond acceptors (Lipinski definition) is 0. The lowest BCUT2D eigenvalue weighted by molar-refractivity contribution is -0.495. The highest BCUT2D eigenvalue weighted by Crippen LogP contribution is 2.14. The number of rotatable bonds is 3. The smallest absolute Gasteiger partial charge is 0.276 e. The van der Waals surface area contributed by atoms with Crippen molar-refractivity contribution in [2.24, 2.45) is 0 Å². The van der Waals surface area contributed by atoms with Gasteiger partial charge in [-0.25, -0.2) is 5.32 Å². The Morgan fingerprint density at radius 1 is 1.24 bits per heavy atom. The first-order chi connectivity index (χ1) is 7.97. The molecule has 0 unspecified atom stereocenters. The molecular weight excluding hydrogens is 234 g/mol. The van der Waals surface area contributed by atoms with Gasteiger partial charge in [-0.15, -0.1) is 0 Å². The van der Waals surface area contributed by atoms with Crippen molar-refractivity contribution in [3.05, 3.63) is 29.3 Å². The molecule has 0 bridgehead atoms. The van der Waals surface area contributed by atoms with Crippen LogP contribution >= 0.6 is 11.6 Å². The largest absolute Gasteiger partial charge is 0.348 e. The topological polar surface area (TPSA) is 38.0 Å². The van der Waals surface area contributed by atoms with E-state index in [0.29, 0.717) is 12.1 Å². The Morgan fingerprint density at radius 2 is 1.94 bits per heavy atom. The fourth-order valence-corrected chi connectivity index (χ4v) is 1.59. The lowest BCUT2D eigenvalue weighted by atomic mass is 10.3. The number of halogens is 1. The van der Waals surface area contributed by atoms with Crippen molar-refractivity contribution in [3.63, 3.8) is 0 Å². The maximum absolute atomic E-state index is 5.95. The molecule has 3 N–H and O–H groups in total. The fraction of sp³-hybridized carbons (Fsp3) is 0.462. The van der Waals surface area contributed by atoms with Crippen LogP contribution in [0.4, 0.5) is 5.69 Å². The van der Waals surface area contributed by atoms with E-state index < -0.39 is 0 Å². The number of hydrogen-bond donors (Lipinski definition) is 3. The van der Waals surface area contributed by atoms with E-state index in [2.05, 4.69) is 43.3 Å². The molecule has 0 fully saturated rings. The van der Waals surface area contributed by atoms with Crippen LogP contribution in [-0.4, -0.2) is 18.0 Å². The molecule has 3 nitrogen and oxygen atoms in total. The van der Waals surface area contributed by atoms with Gasteiger partial charge in [-0.3, -0.25) is 10.3 Å². The van der Waals surface area contributed by atoms with E-state index in [-0.39, 0.29) is 0 Å². The Labute approximate surface area is 108 Å². The summed E-state index contributed by atoms with van der Waals surface area (Å²) in [5.74, 6) is 0.900. The summed E-state index contributed by atoms with van der Waals surface area (Å²) in [6.07, 6.45) is 0. The third-order valence-corrected chi connectivity index (χ3v) is 2.20. The van der Waals surface area contributed by atoms with Gasteiger partial charge in [0.15, 0.2) is 0 Å². The van der Waals surface area contributed by atoms with Crippen molar-refractivity contribution in [2.45, 2.75) is 39.8 Å². The first kappa shape index (κ1) is 13.8. The lowest BCUT2D eigenvalue weighted by Gasteiger charge is -2.09. The second kappa shape index (κ2) is 6.50. The van der Waals surface area contributed by atoms with E-state index in [1.807, 2.05) is 24.3 Å². The van der Waals surface area contributed by atoms with Crippen molar-refractivity contribution < 1.29 is 4.99 Å². The first-order valence-electron chi connectivity index (χ1n) is 5.90. The summed E-state index contributed by atoms with van der Waals surface area (Å²) in [4.78, 5) is 3.33. The summed E-state index contributed by atoms with van der Waals surface area (Å²) in [7, 11) is 0. The van der Waals surface area contributed by atoms with Crippen LogP contribution < -0.4 is 15.6 Å². The molecule has 0 saturated carbocycles. The predicted octanol–water partition coefficient (Wildman–Crippen LogP) is 1.59. The number of anilines is 1. The molecule has 0 aliphatic carbocycles. The standard InChI is InChI=1S/C13H20ClN3/c1-9(2)15-13(16-10(3)4)17-12-7-5-6-11(14)8-12/h5-10H,1-4H3,(H2,15,16,17)/p+1. The molecule has 4 heteroatoms. The average molecular weight is 255 g/mol. The predicted molar refractivity (Wildman–Crippen MR) is 74.5 cm³/mol. The summed E-state index contributed by atoms with van der Waals surface area (Å²) < 4.78 is 0. The van der Waals surface area contributed by atoms with Crippen LogP contribution in [-0.2, 0) is 0 Å². The number of guanidine groups is 1. The second-order valence-electron chi connectivity index (χ2n) is 4.61. The second-order valence-corrected chi connectivity index (χ2v) is 5.04.